The minimum atomic E-state index is -0.342. The van der Waals surface area contributed by atoms with Gasteiger partial charge in [-0.2, -0.15) is 0 Å². The summed E-state index contributed by atoms with van der Waals surface area (Å²) in [5.74, 6) is -0.120. The van der Waals surface area contributed by atoms with Gasteiger partial charge in [-0.3, -0.25) is 9.63 Å². The number of carbonyl (C=O) groups excluding carboxylic acids is 1. The molecule has 0 saturated carbocycles. The lowest BCUT2D eigenvalue weighted by molar-refractivity contribution is -0.153. The van der Waals surface area contributed by atoms with E-state index in [2.05, 4.69) is 5.48 Å². The molecule has 1 fully saturated rings. The van der Waals surface area contributed by atoms with E-state index in [1.165, 1.54) is 0 Å². The largest absolute Gasteiger partial charge is 0.381 e. The highest BCUT2D eigenvalue weighted by Crippen LogP contribution is 2.14. The van der Waals surface area contributed by atoms with Crippen LogP contribution in [0.1, 0.15) is 33.6 Å². The maximum absolute atomic E-state index is 11.5. The first-order valence-electron chi connectivity index (χ1n) is 5.04. The Morgan fingerprint density at radius 3 is 2.71 bits per heavy atom. The van der Waals surface area contributed by atoms with E-state index in [9.17, 15) is 4.79 Å². The van der Waals surface area contributed by atoms with Gasteiger partial charge in [-0.1, -0.05) is 0 Å². The van der Waals surface area contributed by atoms with Crippen LogP contribution in [0.2, 0.25) is 0 Å². The molecule has 1 rings (SSSR count). The second-order valence-corrected chi connectivity index (χ2v) is 4.59. The summed E-state index contributed by atoms with van der Waals surface area (Å²) in [5, 5.41) is 0. The van der Waals surface area contributed by atoms with Gasteiger partial charge in [-0.25, -0.2) is 5.48 Å². The third-order valence-corrected chi connectivity index (χ3v) is 1.99. The smallest absolute Gasteiger partial charge is 0.248 e. The van der Waals surface area contributed by atoms with Crippen molar-refractivity contribution in [2.24, 2.45) is 5.92 Å². The number of hydrogen-bond donors (Lipinski definition) is 1. The van der Waals surface area contributed by atoms with Gasteiger partial charge in [0.05, 0.1) is 18.1 Å². The van der Waals surface area contributed by atoms with Crippen molar-refractivity contribution < 1.29 is 14.4 Å². The molecule has 1 atom stereocenters. The molecule has 0 aromatic carbocycles. The zero-order valence-electron chi connectivity index (χ0n) is 9.13. The van der Waals surface area contributed by atoms with Crippen LogP contribution in [0.25, 0.3) is 0 Å². The van der Waals surface area contributed by atoms with Gasteiger partial charge in [0.1, 0.15) is 0 Å². The predicted molar refractivity (Wildman–Crippen MR) is 52.5 cm³/mol. The third kappa shape index (κ3) is 4.07. The molecule has 1 N–H and O–H groups in total. The van der Waals surface area contributed by atoms with E-state index in [1.54, 1.807) is 0 Å². The third-order valence-electron chi connectivity index (χ3n) is 1.99. The SMILES string of the molecule is CC(C)(C)ONC(=O)C1CCCOC1. The fourth-order valence-electron chi connectivity index (χ4n) is 1.23. The van der Waals surface area contributed by atoms with Crippen LogP contribution in [0, 0.1) is 5.92 Å². The highest BCUT2D eigenvalue weighted by Gasteiger charge is 2.23. The molecule has 1 heterocycles. The molecule has 1 unspecified atom stereocenters. The van der Waals surface area contributed by atoms with E-state index in [4.69, 9.17) is 9.57 Å². The Morgan fingerprint density at radius 1 is 1.50 bits per heavy atom. The van der Waals surface area contributed by atoms with Crippen molar-refractivity contribution in [3.8, 4) is 0 Å². The van der Waals surface area contributed by atoms with Crippen LogP contribution in [-0.2, 0) is 14.4 Å². The molecular weight excluding hydrogens is 182 g/mol. The van der Waals surface area contributed by atoms with Crippen LogP contribution < -0.4 is 5.48 Å². The summed E-state index contributed by atoms with van der Waals surface area (Å²) >= 11 is 0. The molecule has 1 amide bonds. The summed E-state index contributed by atoms with van der Waals surface area (Å²) in [6.07, 6.45) is 1.84. The second kappa shape index (κ2) is 4.75. The molecule has 4 heteroatoms. The highest BCUT2D eigenvalue weighted by molar-refractivity contribution is 5.77. The fourth-order valence-corrected chi connectivity index (χ4v) is 1.23. The van der Waals surface area contributed by atoms with Crippen molar-refractivity contribution in [1.29, 1.82) is 0 Å². The lowest BCUT2D eigenvalue weighted by Gasteiger charge is -2.24. The lowest BCUT2D eigenvalue weighted by Crippen LogP contribution is -2.39. The zero-order chi connectivity index (χ0) is 10.6. The van der Waals surface area contributed by atoms with Gasteiger partial charge >= 0.3 is 0 Å². The first kappa shape index (κ1) is 11.5. The summed E-state index contributed by atoms with van der Waals surface area (Å²) in [5.41, 5.74) is 2.13. The molecule has 0 aliphatic carbocycles. The molecule has 82 valence electrons. The van der Waals surface area contributed by atoms with Crippen molar-refractivity contribution in [1.82, 2.24) is 5.48 Å². The molecule has 1 saturated heterocycles. The number of rotatable bonds is 2. The minimum absolute atomic E-state index is 0.0499. The van der Waals surface area contributed by atoms with E-state index in [0.717, 1.165) is 19.4 Å². The summed E-state index contributed by atoms with van der Waals surface area (Å²) in [7, 11) is 0. The summed E-state index contributed by atoms with van der Waals surface area (Å²) in [6.45, 7) is 6.96. The van der Waals surface area contributed by atoms with Crippen molar-refractivity contribution in [3.63, 3.8) is 0 Å². The highest BCUT2D eigenvalue weighted by atomic mass is 16.7. The fraction of sp³-hybridized carbons (Fsp3) is 0.900. The lowest BCUT2D eigenvalue weighted by atomic mass is 10.0. The summed E-state index contributed by atoms with van der Waals surface area (Å²) < 4.78 is 5.22. The average molecular weight is 201 g/mol. The van der Waals surface area contributed by atoms with Crippen LogP contribution >= 0.6 is 0 Å². The van der Waals surface area contributed by atoms with E-state index in [1.807, 2.05) is 20.8 Å². The molecular formula is C10H19NO3. The molecule has 0 aromatic rings. The molecule has 1 aliphatic heterocycles. The molecule has 14 heavy (non-hydrogen) atoms. The standard InChI is InChI=1S/C10H19NO3/c1-10(2,3)14-11-9(12)8-5-4-6-13-7-8/h8H,4-7H2,1-3H3,(H,11,12). The number of ether oxygens (including phenoxy) is 1. The number of hydroxylamine groups is 1. The van der Waals surface area contributed by atoms with Gasteiger partial charge in [0.15, 0.2) is 0 Å². The van der Waals surface area contributed by atoms with Crippen LogP contribution in [0.5, 0.6) is 0 Å². The van der Waals surface area contributed by atoms with E-state index < -0.39 is 0 Å². The van der Waals surface area contributed by atoms with Crippen LogP contribution in [0.3, 0.4) is 0 Å². The Kier molecular flexibility index (Phi) is 3.89. The van der Waals surface area contributed by atoms with Gasteiger partial charge in [-0.05, 0) is 33.6 Å². The van der Waals surface area contributed by atoms with E-state index >= 15 is 0 Å². The minimum Gasteiger partial charge on any atom is -0.381 e. The maximum Gasteiger partial charge on any atom is 0.248 e. The van der Waals surface area contributed by atoms with Crippen LogP contribution in [-0.4, -0.2) is 24.7 Å². The summed E-state index contributed by atoms with van der Waals surface area (Å²) in [4.78, 5) is 16.7. The number of nitrogens with one attached hydrogen (secondary N) is 1. The second-order valence-electron chi connectivity index (χ2n) is 4.59. The number of hydrogen-bond acceptors (Lipinski definition) is 3. The Hall–Kier alpha value is -0.610. The van der Waals surface area contributed by atoms with E-state index in [0.29, 0.717) is 6.61 Å². The van der Waals surface area contributed by atoms with Crippen molar-refractivity contribution >= 4 is 5.91 Å². The van der Waals surface area contributed by atoms with Gasteiger partial charge in [0, 0.05) is 6.61 Å². The zero-order valence-corrected chi connectivity index (χ0v) is 9.13. The van der Waals surface area contributed by atoms with Gasteiger partial charge < -0.3 is 4.74 Å². The first-order chi connectivity index (χ1) is 6.49. The molecule has 0 spiro atoms. The summed E-state index contributed by atoms with van der Waals surface area (Å²) in [6, 6.07) is 0. The van der Waals surface area contributed by atoms with Gasteiger partial charge in [0.25, 0.3) is 0 Å². The average Bonchev–Trinajstić information content (AvgIpc) is 2.14. The number of amides is 1. The number of carbonyl (C=O) groups is 1. The van der Waals surface area contributed by atoms with Crippen LogP contribution in [0.15, 0.2) is 0 Å². The molecule has 0 radical (unpaired) electrons. The Bertz CT molecular complexity index is 192. The van der Waals surface area contributed by atoms with Crippen LogP contribution in [0.4, 0.5) is 0 Å². The quantitative estimate of drug-likeness (QED) is 0.684. The maximum atomic E-state index is 11.5. The Labute approximate surface area is 84.9 Å². The Morgan fingerprint density at radius 2 is 2.21 bits per heavy atom. The first-order valence-corrected chi connectivity index (χ1v) is 5.04. The Balaban J connectivity index is 2.27. The van der Waals surface area contributed by atoms with Crippen molar-refractivity contribution in [2.75, 3.05) is 13.2 Å². The van der Waals surface area contributed by atoms with E-state index in [-0.39, 0.29) is 17.4 Å². The topological polar surface area (TPSA) is 47.6 Å². The molecule has 0 aromatic heterocycles. The van der Waals surface area contributed by atoms with Gasteiger partial charge in [-0.15, -0.1) is 0 Å². The predicted octanol–water partition coefficient (Wildman–Crippen LogP) is 1.26. The molecule has 1 aliphatic rings. The normalized spacial score (nSPS) is 23.2. The monoisotopic (exact) mass is 201 g/mol. The molecule has 0 bridgehead atoms. The molecule has 4 nitrogen and oxygen atoms in total. The van der Waals surface area contributed by atoms with Crippen molar-refractivity contribution in [2.45, 2.75) is 39.2 Å². The van der Waals surface area contributed by atoms with Gasteiger partial charge in [0.2, 0.25) is 5.91 Å². The van der Waals surface area contributed by atoms with Crippen molar-refractivity contribution in [3.05, 3.63) is 0 Å².